The summed E-state index contributed by atoms with van der Waals surface area (Å²) in [5.41, 5.74) is 1.39. The molecule has 0 spiro atoms. The lowest BCUT2D eigenvalue weighted by molar-refractivity contribution is -0.605. The summed E-state index contributed by atoms with van der Waals surface area (Å²) in [4.78, 5) is 13.7. The van der Waals surface area contributed by atoms with Gasteiger partial charge in [0.05, 0.1) is 18.8 Å². The fraction of sp³-hybridized carbons (Fsp3) is 0.419. The first-order chi connectivity index (χ1) is 22.0. The summed E-state index contributed by atoms with van der Waals surface area (Å²) in [6, 6.07) is 8.28. The smallest absolute Gasteiger partial charge is 0.387 e. The molecule has 2 aliphatic rings. The van der Waals surface area contributed by atoms with E-state index in [1.54, 1.807) is 13.0 Å². The third-order valence-electron chi connectivity index (χ3n) is 7.59. The van der Waals surface area contributed by atoms with Gasteiger partial charge in [-0.1, -0.05) is 35.3 Å². The third-order valence-corrected chi connectivity index (χ3v) is 8.80. The number of rotatable bonds is 16. The Morgan fingerprint density at radius 1 is 1.02 bits per heavy atom. The van der Waals surface area contributed by atoms with Crippen molar-refractivity contribution in [3.8, 4) is 17.2 Å². The molecular formula is C31H32Cl2F2N2O8S. The SMILES string of the molecule is CC(NS(=O)O)c1ccc(C(=O)O[C@@H](Cc2c(Cl)c[n+]([O-])cc2Cl)c2ccc(OC(F)F)c(OCC3CC3)c2)cc1OCC1CC1. The molecule has 3 atom stereocenters. The Hall–Kier alpha value is -3.23. The fourth-order valence-corrected chi connectivity index (χ4v) is 5.74. The molecule has 0 saturated heterocycles. The van der Waals surface area contributed by atoms with E-state index in [1.807, 2.05) is 0 Å². The van der Waals surface area contributed by atoms with Crippen molar-refractivity contribution in [3.05, 3.63) is 86.3 Å². The van der Waals surface area contributed by atoms with E-state index in [4.69, 9.17) is 37.4 Å². The van der Waals surface area contributed by atoms with Crippen LogP contribution in [0.25, 0.3) is 0 Å². The van der Waals surface area contributed by atoms with E-state index in [0.717, 1.165) is 38.1 Å². The molecule has 15 heteroatoms. The van der Waals surface area contributed by atoms with Gasteiger partial charge in [-0.15, -0.1) is 0 Å². The molecule has 2 saturated carbocycles. The van der Waals surface area contributed by atoms with Crippen molar-refractivity contribution in [2.45, 2.75) is 57.8 Å². The van der Waals surface area contributed by atoms with E-state index >= 15 is 0 Å². The summed E-state index contributed by atoms with van der Waals surface area (Å²) in [7, 11) is 0. The Bertz CT molecular complexity index is 1570. The van der Waals surface area contributed by atoms with Gasteiger partial charge in [0.2, 0.25) is 11.3 Å². The van der Waals surface area contributed by atoms with Crippen LogP contribution in [0.2, 0.25) is 10.0 Å². The highest BCUT2D eigenvalue weighted by Gasteiger charge is 2.28. The maximum atomic E-state index is 13.7. The number of aromatic nitrogens is 1. The number of alkyl halides is 2. The van der Waals surface area contributed by atoms with Gasteiger partial charge in [0.25, 0.3) is 0 Å². The largest absolute Gasteiger partial charge is 0.619 e. The van der Waals surface area contributed by atoms with Crippen molar-refractivity contribution in [3.63, 3.8) is 0 Å². The fourth-order valence-electron chi connectivity index (χ4n) is 4.71. The van der Waals surface area contributed by atoms with Crippen LogP contribution < -0.4 is 23.7 Å². The Kier molecular flexibility index (Phi) is 11.2. The first kappa shape index (κ1) is 34.1. The number of nitrogens with zero attached hydrogens (tertiary/aromatic N) is 1. The number of hydrogen-bond donors (Lipinski definition) is 2. The van der Waals surface area contributed by atoms with Crippen LogP contribution in [0, 0.1) is 17.0 Å². The zero-order valence-electron chi connectivity index (χ0n) is 24.6. The number of ether oxygens (including phenoxy) is 4. The molecule has 248 valence electrons. The Morgan fingerprint density at radius 2 is 1.65 bits per heavy atom. The molecule has 0 radical (unpaired) electrons. The van der Waals surface area contributed by atoms with Crippen LogP contribution in [0.5, 0.6) is 17.2 Å². The van der Waals surface area contributed by atoms with E-state index in [-0.39, 0.29) is 33.5 Å². The lowest BCUT2D eigenvalue weighted by atomic mass is 10.0. The van der Waals surface area contributed by atoms with Gasteiger partial charge in [0.15, 0.2) is 23.9 Å². The normalized spacial score (nSPS) is 16.5. The second-order valence-corrected chi connectivity index (χ2v) is 12.9. The molecule has 0 bridgehead atoms. The quantitative estimate of drug-likeness (QED) is 0.0728. The number of carbonyl (C=O) groups excluding carboxylic acids is 1. The van der Waals surface area contributed by atoms with Crippen LogP contribution in [-0.4, -0.2) is 34.6 Å². The molecule has 10 nitrogen and oxygen atoms in total. The van der Waals surface area contributed by atoms with Gasteiger partial charge in [0.1, 0.15) is 21.9 Å². The van der Waals surface area contributed by atoms with Gasteiger partial charge in [0, 0.05) is 23.6 Å². The van der Waals surface area contributed by atoms with E-state index in [0.29, 0.717) is 52.2 Å². The monoisotopic (exact) mass is 700 g/mol. The minimum Gasteiger partial charge on any atom is -0.619 e. The van der Waals surface area contributed by atoms with Crippen molar-refractivity contribution in [1.29, 1.82) is 0 Å². The summed E-state index contributed by atoms with van der Waals surface area (Å²) < 4.78 is 72.5. The standard InChI is InChI=1S/C31H32Cl2F2N2O8S/c1-17(36-46(40)41)22-8-6-21(11-28(22)42-15-18-2-3-18)30(38)44-27(12-23-24(32)13-37(39)14-25(23)33)20-7-9-26(45-31(34)35)29(10-20)43-16-19-4-5-19/h6-11,13-14,17-19,27,31,36H,2-5,12,15-16H2,1H3,(H,40,41)/t17?,27-/m0/s1. The van der Waals surface area contributed by atoms with Crippen LogP contribution in [0.4, 0.5) is 8.78 Å². The van der Waals surface area contributed by atoms with Crippen molar-refractivity contribution >= 4 is 40.4 Å². The first-order valence-corrected chi connectivity index (χ1v) is 16.5. The zero-order chi connectivity index (χ0) is 33.0. The molecule has 2 N–H and O–H groups in total. The van der Waals surface area contributed by atoms with E-state index < -0.39 is 36.0 Å². The Morgan fingerprint density at radius 3 is 2.24 bits per heavy atom. The highest BCUT2D eigenvalue weighted by atomic mass is 35.5. The van der Waals surface area contributed by atoms with Crippen molar-refractivity contribution < 1.29 is 46.0 Å². The van der Waals surface area contributed by atoms with E-state index in [1.165, 1.54) is 30.3 Å². The van der Waals surface area contributed by atoms with Gasteiger partial charge >= 0.3 is 12.6 Å². The van der Waals surface area contributed by atoms with Gasteiger partial charge < -0.3 is 24.2 Å². The molecule has 1 aromatic heterocycles. The molecule has 2 aromatic carbocycles. The molecule has 2 aliphatic carbocycles. The van der Waals surface area contributed by atoms with Gasteiger partial charge in [-0.25, -0.2) is 13.7 Å². The molecule has 5 rings (SSSR count). The maximum Gasteiger partial charge on any atom is 0.387 e. The predicted octanol–water partition coefficient (Wildman–Crippen LogP) is 6.73. The second kappa shape index (κ2) is 15.1. The first-order valence-electron chi connectivity index (χ1n) is 14.6. The molecule has 0 amide bonds. The number of esters is 1. The van der Waals surface area contributed by atoms with Crippen molar-refractivity contribution in [1.82, 2.24) is 4.72 Å². The minimum absolute atomic E-state index is 0.0364. The number of benzene rings is 2. The summed E-state index contributed by atoms with van der Waals surface area (Å²) in [5.74, 6) is 0.177. The highest BCUT2D eigenvalue weighted by Crippen LogP contribution is 2.39. The van der Waals surface area contributed by atoms with Gasteiger partial charge in [-0.05, 0) is 74.3 Å². The number of halogens is 4. The molecule has 2 unspecified atom stereocenters. The van der Waals surface area contributed by atoms with Crippen LogP contribution in [-0.2, 0) is 22.4 Å². The molecule has 2 fully saturated rings. The molecular weight excluding hydrogens is 669 g/mol. The van der Waals surface area contributed by atoms with Crippen LogP contribution in [0.3, 0.4) is 0 Å². The zero-order valence-corrected chi connectivity index (χ0v) is 27.0. The number of nitrogens with one attached hydrogen (secondary N) is 1. The average molecular weight is 702 g/mol. The summed E-state index contributed by atoms with van der Waals surface area (Å²) >= 11 is 10.4. The van der Waals surface area contributed by atoms with Crippen LogP contribution in [0.1, 0.15) is 71.8 Å². The predicted molar refractivity (Wildman–Crippen MR) is 166 cm³/mol. The molecule has 46 heavy (non-hydrogen) atoms. The molecule has 1 heterocycles. The average Bonchev–Trinajstić information content (AvgIpc) is 3.92. The van der Waals surface area contributed by atoms with Crippen molar-refractivity contribution in [2.75, 3.05) is 13.2 Å². The van der Waals surface area contributed by atoms with Crippen LogP contribution >= 0.6 is 23.2 Å². The maximum absolute atomic E-state index is 13.7. The Balaban J connectivity index is 1.47. The lowest BCUT2D eigenvalue weighted by Crippen LogP contribution is -2.25. The number of pyridine rings is 1. The number of carbonyl (C=O) groups is 1. The lowest BCUT2D eigenvalue weighted by Gasteiger charge is -2.22. The van der Waals surface area contributed by atoms with Gasteiger partial charge in [-0.2, -0.15) is 13.5 Å². The highest BCUT2D eigenvalue weighted by molar-refractivity contribution is 7.77. The van der Waals surface area contributed by atoms with Crippen LogP contribution in [0.15, 0.2) is 48.8 Å². The topological polar surface area (TPSA) is 130 Å². The van der Waals surface area contributed by atoms with E-state index in [2.05, 4.69) is 9.46 Å². The molecule has 0 aliphatic heterocycles. The summed E-state index contributed by atoms with van der Waals surface area (Å²) in [6.45, 7) is -0.673. The Labute approximate surface area is 276 Å². The number of hydrogen-bond acceptors (Lipinski definition) is 7. The molecule has 3 aromatic rings. The third kappa shape index (κ3) is 9.41. The summed E-state index contributed by atoms with van der Waals surface area (Å²) in [5, 5.41) is 11.9. The van der Waals surface area contributed by atoms with Gasteiger partial charge in [-0.3, -0.25) is 4.55 Å². The minimum atomic E-state index is -3.09. The second-order valence-electron chi connectivity index (χ2n) is 11.3. The van der Waals surface area contributed by atoms with Crippen molar-refractivity contribution in [2.24, 2.45) is 11.8 Å². The van der Waals surface area contributed by atoms with E-state index in [9.17, 15) is 27.5 Å². The summed E-state index contributed by atoms with van der Waals surface area (Å²) in [6.07, 6.45) is 5.07.